The number of aliphatic imine (C=N–C) groups is 1. The second kappa shape index (κ2) is 4.52. The van der Waals surface area contributed by atoms with Gasteiger partial charge >= 0.3 is 0 Å². The molecule has 1 aliphatic heterocycles. The Morgan fingerprint density at radius 3 is 2.88 bits per heavy atom. The van der Waals surface area contributed by atoms with Crippen molar-refractivity contribution in [2.75, 3.05) is 4.90 Å². The smallest absolute Gasteiger partial charge is 0.267 e. The van der Waals surface area contributed by atoms with Crippen LogP contribution in [0.1, 0.15) is 5.56 Å². The first-order chi connectivity index (χ1) is 8.02. The summed E-state index contributed by atoms with van der Waals surface area (Å²) in [5.41, 5.74) is 6.27. The van der Waals surface area contributed by atoms with Crippen LogP contribution in [0.15, 0.2) is 17.1 Å². The molecule has 0 fully saturated rings. The van der Waals surface area contributed by atoms with E-state index in [1.807, 2.05) is 0 Å². The minimum Gasteiger partial charge on any atom is -0.366 e. The topological polar surface area (TPSA) is 78.9 Å². The first-order valence-electron chi connectivity index (χ1n) is 4.75. The van der Waals surface area contributed by atoms with E-state index in [1.165, 1.54) is 11.2 Å². The molecular formula is C10H9Cl2N3O2. The van der Waals surface area contributed by atoms with E-state index < -0.39 is 12.1 Å². The molecule has 17 heavy (non-hydrogen) atoms. The van der Waals surface area contributed by atoms with Gasteiger partial charge in [-0.3, -0.25) is 14.7 Å². The van der Waals surface area contributed by atoms with E-state index in [0.29, 0.717) is 27.8 Å². The number of rotatable bonds is 2. The number of halogens is 2. The van der Waals surface area contributed by atoms with Crippen molar-refractivity contribution in [3.05, 3.63) is 27.7 Å². The normalized spacial score (nSPS) is 15.6. The highest BCUT2D eigenvalue weighted by Crippen LogP contribution is 2.35. The van der Waals surface area contributed by atoms with Crippen molar-refractivity contribution in [2.45, 2.75) is 12.8 Å². The maximum atomic E-state index is 11.0. The molecule has 0 radical (unpaired) electrons. The van der Waals surface area contributed by atoms with Gasteiger partial charge in [-0.2, -0.15) is 0 Å². The van der Waals surface area contributed by atoms with E-state index >= 15 is 0 Å². The van der Waals surface area contributed by atoms with Gasteiger partial charge in [-0.15, -0.1) is 0 Å². The maximum Gasteiger partial charge on any atom is 0.267 e. The predicted octanol–water partition coefficient (Wildman–Crippen LogP) is 1.15. The fourth-order valence-electron chi connectivity index (χ4n) is 1.59. The van der Waals surface area contributed by atoms with Gasteiger partial charge in [0.05, 0.1) is 28.6 Å². The Morgan fingerprint density at radius 2 is 2.24 bits per heavy atom. The van der Waals surface area contributed by atoms with Gasteiger partial charge in [-0.05, 0) is 12.1 Å². The molecule has 2 rings (SSSR count). The Hall–Kier alpha value is -1.30. The van der Waals surface area contributed by atoms with Gasteiger partial charge in [0, 0.05) is 5.56 Å². The number of hydrogen-bond acceptors (Lipinski definition) is 4. The summed E-state index contributed by atoms with van der Waals surface area (Å²) in [6, 6.07) is 3.24. The van der Waals surface area contributed by atoms with Crippen LogP contribution < -0.4 is 10.6 Å². The van der Waals surface area contributed by atoms with E-state index in [-0.39, 0.29) is 0 Å². The Kier molecular flexibility index (Phi) is 3.24. The summed E-state index contributed by atoms with van der Waals surface area (Å²) < 4.78 is 0. The van der Waals surface area contributed by atoms with Crippen molar-refractivity contribution in [1.29, 1.82) is 0 Å². The first-order valence-corrected chi connectivity index (χ1v) is 5.50. The molecule has 1 aliphatic rings. The van der Waals surface area contributed by atoms with Crippen LogP contribution in [0.4, 0.5) is 5.69 Å². The zero-order valence-corrected chi connectivity index (χ0v) is 10.1. The van der Waals surface area contributed by atoms with Gasteiger partial charge in [-0.25, -0.2) is 0 Å². The summed E-state index contributed by atoms with van der Waals surface area (Å²) in [4.78, 5) is 16.2. The van der Waals surface area contributed by atoms with Gasteiger partial charge in [0.25, 0.3) is 5.91 Å². The lowest BCUT2D eigenvalue weighted by Crippen LogP contribution is -2.45. The zero-order chi connectivity index (χ0) is 12.6. The third kappa shape index (κ3) is 2.09. The van der Waals surface area contributed by atoms with Crippen LogP contribution in [0, 0.1) is 0 Å². The highest BCUT2D eigenvalue weighted by atomic mass is 35.5. The second-order valence-corrected chi connectivity index (χ2v) is 4.28. The molecule has 5 nitrogen and oxygen atoms in total. The summed E-state index contributed by atoms with van der Waals surface area (Å²) in [6.07, 6.45) is -0.128. The standard InChI is InChI=1S/C10H9Cl2N3O2/c11-6-1-2-7-5(8(6)12)3-14-4-15(7)10(17)9(13)16/h1-2,4,10,17H,3H2,(H2,13,16). The van der Waals surface area contributed by atoms with E-state index in [9.17, 15) is 9.90 Å². The molecule has 0 bridgehead atoms. The molecule has 0 aliphatic carbocycles. The number of aliphatic hydroxyl groups is 1. The molecule has 0 saturated heterocycles. The number of anilines is 1. The largest absolute Gasteiger partial charge is 0.366 e. The Bertz CT molecular complexity index is 505. The molecule has 0 aromatic heterocycles. The number of fused-ring (bicyclic) bond motifs is 1. The van der Waals surface area contributed by atoms with Crippen LogP contribution in [0.5, 0.6) is 0 Å². The van der Waals surface area contributed by atoms with E-state index in [0.717, 1.165) is 0 Å². The van der Waals surface area contributed by atoms with Gasteiger partial charge in [-0.1, -0.05) is 23.2 Å². The van der Waals surface area contributed by atoms with E-state index in [4.69, 9.17) is 28.9 Å². The van der Waals surface area contributed by atoms with E-state index in [1.54, 1.807) is 12.1 Å². The van der Waals surface area contributed by atoms with Gasteiger partial charge in [0.1, 0.15) is 0 Å². The van der Waals surface area contributed by atoms with Crippen LogP contribution in [0.3, 0.4) is 0 Å². The van der Waals surface area contributed by atoms with Crippen molar-refractivity contribution >= 4 is 41.1 Å². The van der Waals surface area contributed by atoms with Crippen molar-refractivity contribution < 1.29 is 9.90 Å². The average Bonchev–Trinajstić information content (AvgIpc) is 2.32. The number of hydrogen-bond donors (Lipinski definition) is 2. The van der Waals surface area contributed by atoms with Gasteiger partial charge in [0.15, 0.2) is 0 Å². The quantitative estimate of drug-likeness (QED) is 0.848. The lowest BCUT2D eigenvalue weighted by molar-refractivity contribution is -0.125. The van der Waals surface area contributed by atoms with Crippen LogP contribution >= 0.6 is 23.2 Å². The third-order valence-electron chi connectivity index (χ3n) is 2.42. The van der Waals surface area contributed by atoms with Crippen molar-refractivity contribution in [3.63, 3.8) is 0 Å². The van der Waals surface area contributed by atoms with Crippen LogP contribution in [-0.2, 0) is 11.3 Å². The number of benzene rings is 1. The molecule has 1 heterocycles. The Balaban J connectivity index is 2.49. The van der Waals surface area contributed by atoms with Crippen molar-refractivity contribution in [2.24, 2.45) is 10.7 Å². The van der Waals surface area contributed by atoms with Crippen molar-refractivity contribution in [1.82, 2.24) is 0 Å². The van der Waals surface area contributed by atoms with E-state index in [2.05, 4.69) is 4.99 Å². The molecule has 1 aromatic rings. The molecule has 1 aromatic carbocycles. The minimum absolute atomic E-state index is 0.344. The van der Waals surface area contributed by atoms with Crippen LogP contribution in [-0.4, -0.2) is 23.6 Å². The summed E-state index contributed by atoms with van der Waals surface area (Å²) >= 11 is 11.9. The summed E-state index contributed by atoms with van der Waals surface area (Å²) in [6.45, 7) is 0.344. The molecule has 0 spiro atoms. The highest BCUT2D eigenvalue weighted by molar-refractivity contribution is 6.42. The lowest BCUT2D eigenvalue weighted by atomic mass is 10.1. The Labute approximate surface area is 107 Å². The van der Waals surface area contributed by atoms with Crippen LogP contribution in [0.2, 0.25) is 10.0 Å². The van der Waals surface area contributed by atoms with Crippen LogP contribution in [0.25, 0.3) is 0 Å². The van der Waals surface area contributed by atoms with Gasteiger partial charge in [0.2, 0.25) is 6.23 Å². The molecule has 1 atom stereocenters. The summed E-state index contributed by atoms with van der Waals surface area (Å²) in [5.74, 6) is -0.865. The molecule has 7 heteroatoms. The predicted molar refractivity (Wildman–Crippen MR) is 66.3 cm³/mol. The third-order valence-corrected chi connectivity index (χ3v) is 3.27. The fraction of sp³-hybridized carbons (Fsp3) is 0.200. The number of carbonyl (C=O) groups is 1. The number of nitrogens with two attached hydrogens (primary N) is 1. The van der Waals surface area contributed by atoms with Crippen molar-refractivity contribution in [3.8, 4) is 0 Å². The SMILES string of the molecule is NC(=O)C(O)N1C=NCc2c1ccc(Cl)c2Cl. The zero-order valence-electron chi connectivity index (χ0n) is 8.60. The summed E-state index contributed by atoms with van der Waals surface area (Å²) in [7, 11) is 0. The Morgan fingerprint density at radius 1 is 1.53 bits per heavy atom. The average molecular weight is 274 g/mol. The number of amides is 1. The number of nitrogens with zero attached hydrogens (tertiary/aromatic N) is 2. The maximum absolute atomic E-state index is 11.0. The molecular weight excluding hydrogens is 265 g/mol. The summed E-state index contributed by atoms with van der Waals surface area (Å²) in [5, 5.41) is 10.4. The second-order valence-electron chi connectivity index (χ2n) is 3.50. The fourth-order valence-corrected chi connectivity index (χ4v) is 1.99. The molecule has 1 amide bonds. The molecule has 90 valence electrons. The molecule has 0 saturated carbocycles. The number of carbonyl (C=O) groups excluding carboxylic acids is 1. The monoisotopic (exact) mass is 273 g/mol. The highest BCUT2D eigenvalue weighted by Gasteiger charge is 2.26. The molecule has 3 N–H and O–H groups in total. The minimum atomic E-state index is -1.48. The first kappa shape index (κ1) is 12.2. The number of aliphatic hydroxyl groups excluding tert-OH is 1. The molecule has 1 unspecified atom stereocenters. The number of primary amides is 1. The van der Waals surface area contributed by atoms with Gasteiger partial charge < -0.3 is 10.8 Å². The lowest BCUT2D eigenvalue weighted by Gasteiger charge is -2.28.